The van der Waals surface area contributed by atoms with Gasteiger partial charge >= 0.3 is 112 Å². The van der Waals surface area contributed by atoms with Gasteiger partial charge in [-0.05, 0) is 10.8 Å². The Morgan fingerprint density at radius 1 is 0.705 bits per heavy atom. The molecular weight excluding hydrogens is 655 g/mol. The van der Waals surface area contributed by atoms with Crippen molar-refractivity contribution in [1.29, 1.82) is 0 Å². The van der Waals surface area contributed by atoms with Crippen LogP contribution in [0.5, 0.6) is 0 Å². The van der Waals surface area contributed by atoms with E-state index < -0.39 is 0 Å². The van der Waals surface area contributed by atoms with Crippen molar-refractivity contribution in [2.45, 2.75) is 71.6 Å². The molecule has 44 heavy (non-hydrogen) atoms. The second-order valence-corrected chi connectivity index (χ2v) is 14.9. The third-order valence-corrected chi connectivity index (χ3v) is 8.38. The molecule has 1 aliphatic carbocycles. The van der Waals surface area contributed by atoms with Crippen LogP contribution in [0.25, 0.3) is 21.5 Å². The molecule has 1 aliphatic rings. The van der Waals surface area contributed by atoms with E-state index in [1.807, 2.05) is 12.2 Å². The number of hydrogen-bond acceptors (Lipinski definition) is 0. The van der Waals surface area contributed by atoms with Crippen LogP contribution >= 0.6 is 0 Å². The summed E-state index contributed by atoms with van der Waals surface area (Å²) in [6.45, 7) is 13.7. The van der Waals surface area contributed by atoms with Crippen LogP contribution in [0.3, 0.4) is 0 Å². The molecule has 0 saturated heterocycles. The van der Waals surface area contributed by atoms with Crippen LogP contribution in [0.2, 0.25) is 0 Å². The van der Waals surface area contributed by atoms with Crippen LogP contribution in [-0.4, -0.2) is 3.21 Å². The SMILES string of the molecule is CC(C)(C)c1ccc2[cH-]c3cccc(C(C)(C)C)c3c2c1.[C-]1=CC=CC1.[Cl-].[Cl-].[Zr+2]=[C](Cc1ccccc1)Cc1ccccc1. The molecule has 0 atom stereocenters. The molecule has 0 saturated carbocycles. The summed E-state index contributed by atoms with van der Waals surface area (Å²) in [7, 11) is 0. The monoisotopic (exact) mass is 696 g/mol. The van der Waals surface area contributed by atoms with Crippen LogP contribution < -0.4 is 24.8 Å². The molecule has 5 aromatic carbocycles. The van der Waals surface area contributed by atoms with Crippen molar-refractivity contribution < 1.29 is 49.0 Å². The van der Waals surface area contributed by atoms with E-state index in [0.717, 1.165) is 19.3 Å². The zero-order valence-electron chi connectivity index (χ0n) is 26.9. The second-order valence-electron chi connectivity index (χ2n) is 13.1. The number of hydrogen-bond donors (Lipinski definition) is 0. The molecule has 0 unspecified atom stereocenters. The first kappa shape index (κ1) is 37.7. The Bertz CT molecular complexity index is 1610. The summed E-state index contributed by atoms with van der Waals surface area (Å²) in [5.41, 5.74) is 6.05. The van der Waals surface area contributed by atoms with Crippen molar-refractivity contribution in [3.05, 3.63) is 150 Å². The molecule has 5 aromatic rings. The van der Waals surface area contributed by atoms with Crippen LogP contribution in [0.15, 0.2) is 121 Å². The van der Waals surface area contributed by atoms with Gasteiger partial charge in [0.2, 0.25) is 0 Å². The third-order valence-electron chi connectivity index (χ3n) is 7.51. The number of allylic oxidation sites excluding steroid dienone is 4. The van der Waals surface area contributed by atoms with E-state index in [9.17, 15) is 0 Å². The first-order valence-electron chi connectivity index (χ1n) is 15.0. The molecule has 0 spiro atoms. The maximum absolute atomic E-state index is 2.99. The van der Waals surface area contributed by atoms with Crippen molar-refractivity contribution in [1.82, 2.24) is 0 Å². The van der Waals surface area contributed by atoms with Gasteiger partial charge in [0.15, 0.2) is 0 Å². The number of fused-ring (bicyclic) bond motifs is 3. The fraction of sp³-hybridized carbons (Fsp3) is 0.268. The minimum atomic E-state index is 0. The van der Waals surface area contributed by atoms with Gasteiger partial charge in [-0.1, -0.05) is 76.9 Å². The molecule has 6 rings (SSSR count). The zero-order chi connectivity index (χ0) is 30.2. The summed E-state index contributed by atoms with van der Waals surface area (Å²) < 4.78 is 1.60. The van der Waals surface area contributed by atoms with Gasteiger partial charge in [0, 0.05) is 0 Å². The van der Waals surface area contributed by atoms with Gasteiger partial charge < -0.3 is 24.8 Å². The third kappa shape index (κ3) is 10.9. The van der Waals surface area contributed by atoms with Crippen molar-refractivity contribution in [2.75, 3.05) is 0 Å². The molecule has 0 amide bonds. The van der Waals surface area contributed by atoms with Crippen LogP contribution in [0.1, 0.15) is 70.2 Å². The Morgan fingerprint density at radius 3 is 1.75 bits per heavy atom. The van der Waals surface area contributed by atoms with E-state index in [4.69, 9.17) is 0 Å². The molecule has 228 valence electrons. The maximum atomic E-state index is 2.99. The van der Waals surface area contributed by atoms with Gasteiger partial charge in [-0.15, -0.1) is 46.2 Å². The minimum absolute atomic E-state index is 0. The summed E-state index contributed by atoms with van der Waals surface area (Å²) >= 11 is 1.55. The second kappa shape index (κ2) is 17.3. The van der Waals surface area contributed by atoms with Crippen molar-refractivity contribution >= 4 is 24.8 Å². The van der Waals surface area contributed by atoms with Crippen LogP contribution in [-0.2, 0) is 47.9 Å². The van der Waals surface area contributed by atoms with E-state index >= 15 is 0 Å². The van der Waals surface area contributed by atoms with Gasteiger partial charge in [-0.25, -0.2) is 12.2 Å². The average molecular weight is 699 g/mol. The van der Waals surface area contributed by atoms with Crippen molar-refractivity contribution in [3.63, 3.8) is 0 Å². The molecular formula is C41H44Cl2Zr-2. The quantitative estimate of drug-likeness (QED) is 0.237. The van der Waals surface area contributed by atoms with E-state index in [1.165, 1.54) is 43.8 Å². The fourth-order valence-corrected chi connectivity index (χ4v) is 6.24. The molecule has 0 radical (unpaired) electrons. The van der Waals surface area contributed by atoms with E-state index in [2.05, 4.69) is 157 Å². The van der Waals surface area contributed by atoms with E-state index in [-0.39, 0.29) is 35.6 Å². The molecule has 3 heteroatoms. The molecule has 0 N–H and O–H groups in total. The predicted octanol–water partition coefficient (Wildman–Crippen LogP) is 4.81. The summed E-state index contributed by atoms with van der Waals surface area (Å²) in [5.74, 6) is 0. The van der Waals surface area contributed by atoms with Gasteiger partial charge in [0.1, 0.15) is 0 Å². The topological polar surface area (TPSA) is 0 Å². The molecule has 0 fully saturated rings. The van der Waals surface area contributed by atoms with Gasteiger partial charge in [-0.2, -0.15) is 6.08 Å². The van der Waals surface area contributed by atoms with E-state index in [1.54, 1.807) is 27.4 Å². The Kier molecular flexibility index (Phi) is 14.9. The van der Waals surface area contributed by atoms with Crippen LogP contribution in [0, 0.1) is 6.08 Å². The Balaban J connectivity index is 0.000000260. The molecule has 0 nitrogen and oxygen atoms in total. The Morgan fingerprint density at radius 2 is 1.30 bits per heavy atom. The summed E-state index contributed by atoms with van der Waals surface area (Å²) in [4.78, 5) is 0. The number of benzene rings is 4. The fourth-order valence-electron chi connectivity index (χ4n) is 5.24. The molecule has 0 aromatic heterocycles. The Labute approximate surface area is 293 Å². The zero-order valence-corrected chi connectivity index (χ0v) is 30.9. The number of halogens is 2. The van der Waals surface area contributed by atoms with Crippen molar-refractivity contribution in [3.8, 4) is 0 Å². The predicted molar refractivity (Wildman–Crippen MR) is 181 cm³/mol. The summed E-state index contributed by atoms with van der Waals surface area (Å²) in [6.07, 6.45) is 12.2. The molecule has 0 heterocycles. The van der Waals surface area contributed by atoms with Gasteiger partial charge in [0.05, 0.1) is 0 Å². The van der Waals surface area contributed by atoms with Gasteiger partial charge in [0.25, 0.3) is 0 Å². The standard InChI is InChI=1S/C21H25.C15H14.C5H5.2ClH.Zr/c1-20(2,3)16-11-10-14-12-15-8-7-9-18(21(4,5)6)19(15)17(14)13-16;1-3-8-14(9-4-1)12-7-13-15-10-5-2-6-11-15;1-2-4-5-3-1;;;/h7-13H,1-6H3;1-6,8-11H,12-13H2;1-3H,4H2;2*1H;/q-1;;-1;;;+2/p-2. The van der Waals surface area contributed by atoms with Crippen molar-refractivity contribution in [2.24, 2.45) is 0 Å². The van der Waals surface area contributed by atoms with E-state index in [0.29, 0.717) is 0 Å². The number of rotatable bonds is 4. The average Bonchev–Trinajstić information content (AvgIpc) is 3.65. The summed E-state index contributed by atoms with van der Waals surface area (Å²) in [5, 5.41) is 5.56. The van der Waals surface area contributed by atoms with Crippen LogP contribution in [0.4, 0.5) is 0 Å². The first-order chi connectivity index (χ1) is 20.0. The Hall–Kier alpha value is -2.44. The first-order valence-corrected chi connectivity index (χ1v) is 16.2. The van der Waals surface area contributed by atoms with Gasteiger partial charge in [-0.3, -0.25) is 6.08 Å². The summed E-state index contributed by atoms with van der Waals surface area (Å²) in [6, 6.07) is 37.4. The molecule has 0 bridgehead atoms. The normalized spacial score (nSPS) is 12.0. The molecule has 0 aliphatic heterocycles.